The second kappa shape index (κ2) is 13.8. The van der Waals surface area contributed by atoms with Crippen molar-refractivity contribution in [1.29, 1.82) is 0 Å². The van der Waals surface area contributed by atoms with Crippen LogP contribution in [0.5, 0.6) is 5.75 Å². The largest absolute Gasteiger partial charge is 0.491 e. The SMILES string of the molecule is CCN(C(=O)CO)C1CCC(CCCN2CCC(Cc3cc(OC(C)C)ccc3Br)CC2)CC1. The van der Waals surface area contributed by atoms with Crippen molar-refractivity contribution < 1.29 is 14.6 Å². The number of rotatable bonds is 11. The molecule has 1 saturated heterocycles. The number of piperidine rings is 1. The van der Waals surface area contributed by atoms with Gasteiger partial charge in [-0.1, -0.05) is 15.9 Å². The van der Waals surface area contributed by atoms with Crippen LogP contribution in [0.2, 0.25) is 0 Å². The van der Waals surface area contributed by atoms with Gasteiger partial charge in [0, 0.05) is 17.1 Å². The monoisotopic (exact) mass is 536 g/mol. The van der Waals surface area contributed by atoms with Crippen LogP contribution in [0.1, 0.15) is 77.7 Å². The molecule has 6 heteroatoms. The van der Waals surface area contributed by atoms with Crippen molar-refractivity contribution in [3.8, 4) is 5.75 Å². The Bertz CT molecular complexity index is 756. The van der Waals surface area contributed by atoms with E-state index in [0.29, 0.717) is 12.6 Å². The third kappa shape index (κ3) is 8.23. The summed E-state index contributed by atoms with van der Waals surface area (Å²) in [6, 6.07) is 6.72. The minimum absolute atomic E-state index is 0.113. The fraction of sp³-hybridized carbons (Fsp3) is 0.750. The number of ether oxygens (including phenoxy) is 1. The van der Waals surface area contributed by atoms with E-state index in [9.17, 15) is 9.90 Å². The molecule has 0 radical (unpaired) electrons. The average Bonchev–Trinajstić information content (AvgIpc) is 2.83. The molecular formula is C28H45BrN2O3. The molecule has 34 heavy (non-hydrogen) atoms. The molecular weight excluding hydrogens is 492 g/mol. The van der Waals surface area contributed by atoms with Gasteiger partial charge in [-0.3, -0.25) is 4.79 Å². The number of hydrogen-bond acceptors (Lipinski definition) is 4. The number of halogens is 1. The van der Waals surface area contributed by atoms with Crippen LogP contribution in [-0.2, 0) is 11.2 Å². The minimum atomic E-state index is -0.360. The highest BCUT2D eigenvalue weighted by molar-refractivity contribution is 9.10. The van der Waals surface area contributed by atoms with Gasteiger partial charge < -0.3 is 19.6 Å². The predicted octanol–water partition coefficient (Wildman–Crippen LogP) is 5.67. The van der Waals surface area contributed by atoms with E-state index in [4.69, 9.17) is 4.74 Å². The molecule has 2 fully saturated rings. The molecule has 1 aliphatic heterocycles. The Morgan fingerprint density at radius 1 is 1.15 bits per heavy atom. The molecule has 1 aromatic carbocycles. The first-order valence-electron chi connectivity index (χ1n) is 13.5. The van der Waals surface area contributed by atoms with E-state index in [-0.39, 0.29) is 18.6 Å². The first-order chi connectivity index (χ1) is 16.4. The highest BCUT2D eigenvalue weighted by atomic mass is 79.9. The molecule has 0 atom stereocenters. The molecule has 0 unspecified atom stereocenters. The number of aliphatic hydroxyl groups is 1. The van der Waals surface area contributed by atoms with Crippen molar-refractivity contribution >= 4 is 21.8 Å². The zero-order valence-electron chi connectivity index (χ0n) is 21.5. The van der Waals surface area contributed by atoms with E-state index in [0.717, 1.165) is 36.8 Å². The number of benzene rings is 1. The summed E-state index contributed by atoms with van der Waals surface area (Å²) in [6.07, 6.45) is 11.1. The zero-order valence-corrected chi connectivity index (χ0v) is 23.1. The molecule has 1 N–H and O–H groups in total. The number of nitrogens with zero attached hydrogens (tertiary/aromatic N) is 2. The van der Waals surface area contributed by atoms with Crippen LogP contribution < -0.4 is 4.74 Å². The van der Waals surface area contributed by atoms with Crippen molar-refractivity contribution in [2.75, 3.05) is 32.8 Å². The van der Waals surface area contributed by atoms with Gasteiger partial charge in [0.05, 0.1) is 6.10 Å². The van der Waals surface area contributed by atoms with Gasteiger partial charge in [-0.15, -0.1) is 0 Å². The quantitative estimate of drug-likeness (QED) is 0.395. The Balaban J connectivity index is 1.33. The van der Waals surface area contributed by atoms with Crippen LogP contribution in [0.15, 0.2) is 22.7 Å². The van der Waals surface area contributed by atoms with Gasteiger partial charge in [0.15, 0.2) is 0 Å². The molecule has 1 amide bonds. The van der Waals surface area contributed by atoms with E-state index < -0.39 is 0 Å². The molecule has 0 spiro atoms. The van der Waals surface area contributed by atoms with E-state index in [1.807, 2.05) is 11.8 Å². The van der Waals surface area contributed by atoms with Gasteiger partial charge in [-0.25, -0.2) is 0 Å². The lowest BCUT2D eigenvalue weighted by Crippen LogP contribution is -2.43. The van der Waals surface area contributed by atoms with Gasteiger partial charge in [0.1, 0.15) is 12.4 Å². The van der Waals surface area contributed by atoms with Gasteiger partial charge >= 0.3 is 0 Å². The Kier molecular flexibility index (Phi) is 11.2. The summed E-state index contributed by atoms with van der Waals surface area (Å²) in [5.41, 5.74) is 1.37. The topological polar surface area (TPSA) is 53.0 Å². The van der Waals surface area contributed by atoms with Gasteiger partial charge in [-0.05, 0) is 134 Å². The highest BCUT2D eigenvalue weighted by Crippen LogP contribution is 2.32. The number of carbonyl (C=O) groups is 1. The smallest absolute Gasteiger partial charge is 0.248 e. The van der Waals surface area contributed by atoms with E-state index in [1.165, 1.54) is 68.2 Å². The fourth-order valence-electron chi connectivity index (χ4n) is 5.86. The van der Waals surface area contributed by atoms with Crippen LogP contribution in [-0.4, -0.2) is 65.7 Å². The Hall–Kier alpha value is -1.11. The number of aliphatic hydroxyl groups excluding tert-OH is 1. The van der Waals surface area contributed by atoms with E-state index in [1.54, 1.807) is 0 Å². The first-order valence-corrected chi connectivity index (χ1v) is 14.3. The first kappa shape index (κ1) is 27.5. The summed E-state index contributed by atoms with van der Waals surface area (Å²) < 4.78 is 7.09. The second-order valence-corrected chi connectivity index (χ2v) is 11.4. The summed E-state index contributed by atoms with van der Waals surface area (Å²) in [4.78, 5) is 16.5. The number of amides is 1. The third-order valence-electron chi connectivity index (χ3n) is 7.74. The number of hydrogen-bond donors (Lipinski definition) is 1. The summed E-state index contributed by atoms with van der Waals surface area (Å²) in [5, 5.41) is 9.20. The third-order valence-corrected chi connectivity index (χ3v) is 8.52. The van der Waals surface area contributed by atoms with Crippen LogP contribution >= 0.6 is 15.9 Å². The predicted molar refractivity (Wildman–Crippen MR) is 142 cm³/mol. The normalized spacial score (nSPS) is 22.2. The Labute approximate surface area is 215 Å². The van der Waals surface area contributed by atoms with Crippen LogP contribution in [0.4, 0.5) is 0 Å². The molecule has 1 aromatic rings. The highest BCUT2D eigenvalue weighted by Gasteiger charge is 2.27. The number of carbonyl (C=O) groups excluding carboxylic acids is 1. The lowest BCUT2D eigenvalue weighted by molar-refractivity contribution is -0.137. The van der Waals surface area contributed by atoms with Crippen LogP contribution in [0.25, 0.3) is 0 Å². The summed E-state index contributed by atoms with van der Waals surface area (Å²) in [5.74, 6) is 2.41. The van der Waals surface area contributed by atoms with Crippen molar-refractivity contribution in [2.45, 2.75) is 90.7 Å². The molecule has 2 aliphatic rings. The van der Waals surface area contributed by atoms with Crippen molar-refractivity contribution in [3.63, 3.8) is 0 Å². The lowest BCUT2D eigenvalue weighted by Gasteiger charge is -2.36. The molecule has 3 rings (SSSR count). The van der Waals surface area contributed by atoms with Gasteiger partial charge in [-0.2, -0.15) is 0 Å². The van der Waals surface area contributed by atoms with E-state index in [2.05, 4.69) is 52.9 Å². The summed E-state index contributed by atoms with van der Waals surface area (Å²) >= 11 is 3.74. The fourth-order valence-corrected chi connectivity index (χ4v) is 6.26. The summed E-state index contributed by atoms with van der Waals surface area (Å²) in [7, 11) is 0. The van der Waals surface area contributed by atoms with Crippen molar-refractivity contribution in [3.05, 3.63) is 28.2 Å². The van der Waals surface area contributed by atoms with Crippen molar-refractivity contribution in [1.82, 2.24) is 9.80 Å². The van der Waals surface area contributed by atoms with E-state index >= 15 is 0 Å². The molecule has 192 valence electrons. The zero-order chi connectivity index (χ0) is 24.5. The number of likely N-dealkylation sites (N-methyl/N-ethyl adjacent to an activating group) is 1. The van der Waals surface area contributed by atoms with Crippen LogP contribution in [0, 0.1) is 11.8 Å². The van der Waals surface area contributed by atoms with Crippen LogP contribution in [0.3, 0.4) is 0 Å². The Morgan fingerprint density at radius 2 is 1.85 bits per heavy atom. The molecule has 1 heterocycles. The molecule has 1 saturated carbocycles. The molecule has 0 aromatic heterocycles. The maximum atomic E-state index is 11.9. The lowest BCUT2D eigenvalue weighted by atomic mass is 9.82. The summed E-state index contributed by atoms with van der Waals surface area (Å²) in [6.45, 7) is 10.2. The molecule has 1 aliphatic carbocycles. The second-order valence-electron chi connectivity index (χ2n) is 10.6. The number of likely N-dealkylation sites (tertiary alicyclic amines) is 1. The van der Waals surface area contributed by atoms with Gasteiger partial charge in [0.25, 0.3) is 0 Å². The minimum Gasteiger partial charge on any atom is -0.491 e. The van der Waals surface area contributed by atoms with Gasteiger partial charge in [0.2, 0.25) is 5.91 Å². The maximum Gasteiger partial charge on any atom is 0.248 e. The average molecular weight is 538 g/mol. The standard InChI is InChI=1S/C28H45BrN2O3/c1-4-31(28(33)20-32)25-9-7-22(8-10-25)6-5-15-30-16-13-23(14-17-30)18-24-19-26(34-21(2)3)11-12-27(24)29/h11-12,19,21-23,25,32H,4-10,13-18,20H2,1-3H3. The maximum absolute atomic E-state index is 11.9. The molecule has 5 nitrogen and oxygen atoms in total. The van der Waals surface area contributed by atoms with Crippen molar-refractivity contribution in [2.24, 2.45) is 11.8 Å². The Morgan fingerprint density at radius 3 is 2.47 bits per heavy atom. The molecule has 0 bridgehead atoms.